The van der Waals surface area contributed by atoms with Crippen molar-refractivity contribution in [1.29, 1.82) is 0 Å². The number of carboxylic acid groups (broad SMARTS) is 1. The van der Waals surface area contributed by atoms with E-state index in [1.165, 1.54) is 27.7 Å². The third-order valence-electron chi connectivity index (χ3n) is 5.95. The maximum atomic E-state index is 13.0. The molecule has 1 saturated heterocycles. The van der Waals surface area contributed by atoms with E-state index in [0.29, 0.717) is 0 Å². The van der Waals surface area contributed by atoms with Gasteiger partial charge in [0.1, 0.15) is 36.4 Å². The number of aliphatic hydroxyl groups excluding tert-OH is 3. The quantitative estimate of drug-likeness (QED) is 0.102. The van der Waals surface area contributed by atoms with Crippen molar-refractivity contribution in [3.63, 3.8) is 0 Å². The number of nitrogens with one attached hydrogen (secondary N) is 2. The molecule has 0 aliphatic carbocycles. The number of hydrogen-bond donors (Lipinski definition) is 8. The molecule has 4 amide bonds. The first-order valence-corrected chi connectivity index (χ1v) is 12.0. The van der Waals surface area contributed by atoms with Crippen LogP contribution in [0.2, 0.25) is 0 Å². The van der Waals surface area contributed by atoms with Crippen molar-refractivity contribution in [2.75, 3.05) is 13.2 Å². The van der Waals surface area contributed by atoms with Gasteiger partial charge in [0.15, 0.2) is 6.29 Å². The molecule has 16 heteroatoms. The third kappa shape index (κ3) is 9.45. The highest BCUT2D eigenvalue weighted by Gasteiger charge is 2.46. The number of nitrogens with zero attached hydrogens (tertiary/aromatic N) is 1. The van der Waals surface area contributed by atoms with E-state index in [1.54, 1.807) is 0 Å². The summed E-state index contributed by atoms with van der Waals surface area (Å²) in [4.78, 5) is 60.8. The molecule has 0 unspecified atom stereocenters. The highest BCUT2D eigenvalue weighted by molar-refractivity contribution is 5.89. The molecule has 1 fully saturated rings. The van der Waals surface area contributed by atoms with Crippen LogP contribution in [-0.4, -0.2) is 123 Å². The number of ether oxygens (including phenoxy) is 2. The Morgan fingerprint density at radius 2 is 1.74 bits per heavy atom. The summed E-state index contributed by atoms with van der Waals surface area (Å²) in [7, 11) is 0. The minimum atomic E-state index is -1.63. The minimum Gasteiger partial charge on any atom is -0.480 e. The number of carbonyl (C=O) groups is 5. The first kappa shape index (κ1) is 33.1. The zero-order chi connectivity index (χ0) is 29.3. The number of rotatable bonds is 14. The van der Waals surface area contributed by atoms with E-state index in [-0.39, 0.29) is 19.4 Å². The molecule has 1 heterocycles. The number of amides is 4. The summed E-state index contributed by atoms with van der Waals surface area (Å²) in [5.41, 5.74) is 10.8. The molecule has 38 heavy (non-hydrogen) atoms. The van der Waals surface area contributed by atoms with E-state index in [2.05, 4.69) is 10.6 Å². The zero-order valence-corrected chi connectivity index (χ0v) is 21.8. The number of hydrogen-bond acceptors (Lipinski definition) is 11. The van der Waals surface area contributed by atoms with E-state index in [4.69, 9.17) is 20.9 Å². The second-order valence-corrected chi connectivity index (χ2v) is 9.23. The summed E-state index contributed by atoms with van der Waals surface area (Å²) in [6.07, 6.45) is -7.20. The SMILES string of the molecule is CC(=O)N[C@@H]1[C@@H](O[C@H](C)CN(C(=O)CC[C@@H](NC(=O)[C@H](C)N)C(N)=O)[C@@H](C)C(=O)O)[C@H](O)[C@@H](CO)O[C@@H]1O. The highest BCUT2D eigenvalue weighted by atomic mass is 16.6. The molecule has 16 nitrogen and oxygen atoms in total. The van der Waals surface area contributed by atoms with Gasteiger partial charge < -0.3 is 56.9 Å². The Morgan fingerprint density at radius 3 is 2.21 bits per heavy atom. The van der Waals surface area contributed by atoms with Crippen LogP contribution >= 0.6 is 0 Å². The van der Waals surface area contributed by atoms with Crippen molar-refractivity contribution < 1.29 is 53.9 Å². The number of aliphatic carboxylic acids is 1. The van der Waals surface area contributed by atoms with Gasteiger partial charge in [-0.3, -0.25) is 19.2 Å². The lowest BCUT2D eigenvalue weighted by Gasteiger charge is -2.43. The summed E-state index contributed by atoms with van der Waals surface area (Å²) in [6.45, 7) is 4.31. The molecule has 0 spiro atoms. The van der Waals surface area contributed by atoms with Crippen LogP contribution in [0.25, 0.3) is 0 Å². The number of carbonyl (C=O) groups excluding carboxylic acids is 4. The molecule has 0 aromatic rings. The molecule has 10 N–H and O–H groups in total. The van der Waals surface area contributed by atoms with Crippen molar-refractivity contribution in [1.82, 2.24) is 15.5 Å². The average molecular weight is 550 g/mol. The van der Waals surface area contributed by atoms with Gasteiger partial charge in [0, 0.05) is 19.9 Å². The van der Waals surface area contributed by atoms with Crippen LogP contribution in [0, 0.1) is 0 Å². The number of carboxylic acids is 1. The topological polar surface area (TPSA) is 264 Å². The predicted molar refractivity (Wildman–Crippen MR) is 129 cm³/mol. The fourth-order valence-corrected chi connectivity index (χ4v) is 3.83. The lowest BCUT2D eigenvalue weighted by atomic mass is 9.96. The molecular formula is C22H39N5O11. The van der Waals surface area contributed by atoms with Crippen LogP contribution < -0.4 is 22.1 Å². The molecule has 0 radical (unpaired) electrons. The predicted octanol–water partition coefficient (Wildman–Crippen LogP) is -4.27. The molecule has 0 bridgehead atoms. The summed E-state index contributed by atoms with van der Waals surface area (Å²) >= 11 is 0. The fraction of sp³-hybridized carbons (Fsp3) is 0.773. The van der Waals surface area contributed by atoms with Gasteiger partial charge in [-0.05, 0) is 27.2 Å². The van der Waals surface area contributed by atoms with Gasteiger partial charge in [0.25, 0.3) is 0 Å². The first-order valence-electron chi connectivity index (χ1n) is 12.0. The molecular weight excluding hydrogens is 510 g/mol. The van der Waals surface area contributed by atoms with Gasteiger partial charge in [0.2, 0.25) is 23.6 Å². The molecule has 0 aromatic heterocycles. The molecule has 1 aliphatic heterocycles. The monoisotopic (exact) mass is 549 g/mol. The zero-order valence-electron chi connectivity index (χ0n) is 21.8. The Labute approximate surface area is 219 Å². The van der Waals surface area contributed by atoms with Gasteiger partial charge in [-0.2, -0.15) is 0 Å². The normalized spacial score (nSPS) is 26.4. The van der Waals surface area contributed by atoms with Crippen molar-refractivity contribution in [2.45, 2.75) is 95.4 Å². The van der Waals surface area contributed by atoms with Gasteiger partial charge >= 0.3 is 5.97 Å². The lowest BCUT2D eigenvalue weighted by molar-refractivity contribution is -0.268. The largest absolute Gasteiger partial charge is 0.480 e. The average Bonchev–Trinajstić information content (AvgIpc) is 2.82. The van der Waals surface area contributed by atoms with Crippen molar-refractivity contribution in [2.24, 2.45) is 11.5 Å². The second kappa shape index (κ2) is 14.9. The minimum absolute atomic E-state index is 0.224. The standard InChI is InChI=1S/C22H39N5O11/c1-9(37-18-16(25-12(4)29)22(36)38-14(8-28)17(18)31)7-27(11(3)21(34)35)15(30)6-5-13(19(24)32)26-20(33)10(2)23/h9-11,13-14,16-18,22,28,31,36H,5-8,23H2,1-4H3,(H2,24,32)(H,25,29)(H,26,33)(H,34,35)/t9-,10+,11+,13-,14-,16-,17-,18-,22+/m1/s1. The smallest absolute Gasteiger partial charge is 0.326 e. The summed E-state index contributed by atoms with van der Waals surface area (Å²) < 4.78 is 10.9. The molecule has 9 atom stereocenters. The Bertz CT molecular complexity index is 858. The third-order valence-corrected chi connectivity index (χ3v) is 5.95. The van der Waals surface area contributed by atoms with Gasteiger partial charge in [-0.25, -0.2) is 4.79 Å². The van der Waals surface area contributed by atoms with Crippen LogP contribution in [-0.2, 0) is 33.4 Å². The Balaban J connectivity index is 3.04. The van der Waals surface area contributed by atoms with E-state index in [0.717, 1.165) is 4.90 Å². The second-order valence-electron chi connectivity index (χ2n) is 9.23. The Hall–Kier alpha value is -2.89. The van der Waals surface area contributed by atoms with Crippen molar-refractivity contribution in [3.8, 4) is 0 Å². The van der Waals surface area contributed by atoms with E-state index < -0.39 is 91.1 Å². The van der Waals surface area contributed by atoms with E-state index in [9.17, 15) is 44.4 Å². The van der Waals surface area contributed by atoms with Crippen molar-refractivity contribution >= 4 is 29.6 Å². The van der Waals surface area contributed by atoms with Crippen LogP contribution in [0.3, 0.4) is 0 Å². The number of primary amides is 1. The van der Waals surface area contributed by atoms with Crippen LogP contribution in [0.1, 0.15) is 40.5 Å². The molecule has 218 valence electrons. The Morgan fingerprint density at radius 1 is 1.13 bits per heavy atom. The number of aliphatic hydroxyl groups is 3. The summed E-state index contributed by atoms with van der Waals surface area (Å²) in [5, 5.41) is 44.6. The van der Waals surface area contributed by atoms with E-state index in [1.807, 2.05) is 0 Å². The summed E-state index contributed by atoms with van der Waals surface area (Å²) in [6, 6.07) is -4.72. The summed E-state index contributed by atoms with van der Waals surface area (Å²) in [5.74, 6) is -4.16. The first-order chi connectivity index (χ1) is 17.6. The molecule has 0 saturated carbocycles. The highest BCUT2D eigenvalue weighted by Crippen LogP contribution is 2.24. The maximum Gasteiger partial charge on any atom is 0.326 e. The molecule has 1 rings (SSSR count). The van der Waals surface area contributed by atoms with E-state index >= 15 is 0 Å². The lowest BCUT2D eigenvalue weighted by Crippen LogP contribution is -2.65. The maximum absolute atomic E-state index is 13.0. The number of nitrogens with two attached hydrogens (primary N) is 2. The Kier molecular flexibility index (Phi) is 13.0. The van der Waals surface area contributed by atoms with Gasteiger partial charge in [-0.15, -0.1) is 0 Å². The molecule has 0 aromatic carbocycles. The van der Waals surface area contributed by atoms with Crippen LogP contribution in [0.4, 0.5) is 0 Å². The van der Waals surface area contributed by atoms with Crippen molar-refractivity contribution in [3.05, 3.63) is 0 Å². The fourth-order valence-electron chi connectivity index (χ4n) is 3.83. The van der Waals surface area contributed by atoms with Crippen LogP contribution in [0.15, 0.2) is 0 Å². The van der Waals surface area contributed by atoms with Crippen LogP contribution in [0.5, 0.6) is 0 Å². The van der Waals surface area contributed by atoms with Gasteiger partial charge in [-0.1, -0.05) is 0 Å². The van der Waals surface area contributed by atoms with Gasteiger partial charge in [0.05, 0.1) is 18.8 Å². The molecule has 1 aliphatic rings.